The summed E-state index contributed by atoms with van der Waals surface area (Å²) in [7, 11) is -3.17. The number of H-pyrrole nitrogens is 1. The second kappa shape index (κ2) is 7.11. The van der Waals surface area contributed by atoms with Crippen LogP contribution in [-0.2, 0) is 22.0 Å². The second-order valence-electron chi connectivity index (χ2n) is 5.00. The minimum atomic E-state index is -3.17. The van der Waals surface area contributed by atoms with Gasteiger partial charge in [-0.15, -0.1) is 0 Å². The van der Waals surface area contributed by atoms with Crippen molar-refractivity contribution >= 4 is 21.6 Å². The summed E-state index contributed by atoms with van der Waals surface area (Å²) in [4.78, 5) is 19.0. The van der Waals surface area contributed by atoms with Gasteiger partial charge in [0.05, 0.1) is 4.90 Å². The summed E-state index contributed by atoms with van der Waals surface area (Å²) in [6.07, 6.45) is 2.90. The Morgan fingerprint density at radius 3 is 2.50 bits per heavy atom. The molecule has 22 heavy (non-hydrogen) atoms. The monoisotopic (exact) mass is 338 g/mol. The van der Waals surface area contributed by atoms with Crippen LogP contribution in [0.15, 0.2) is 45.2 Å². The minimum absolute atomic E-state index is 0.145. The van der Waals surface area contributed by atoms with Crippen molar-refractivity contribution in [3.8, 4) is 0 Å². The Morgan fingerprint density at radius 2 is 1.91 bits per heavy atom. The lowest BCUT2D eigenvalue weighted by Crippen LogP contribution is -2.09. The van der Waals surface area contributed by atoms with Crippen LogP contribution in [0.25, 0.3) is 0 Å². The zero-order valence-electron chi connectivity index (χ0n) is 12.5. The zero-order chi connectivity index (χ0) is 16.2. The van der Waals surface area contributed by atoms with E-state index in [4.69, 9.17) is 0 Å². The van der Waals surface area contributed by atoms with Crippen LogP contribution < -0.4 is 5.56 Å². The van der Waals surface area contributed by atoms with Gasteiger partial charge in [0.2, 0.25) is 0 Å². The Labute approximate surface area is 134 Å². The average Bonchev–Trinajstić information content (AvgIpc) is 2.44. The first kappa shape index (κ1) is 16.8. The van der Waals surface area contributed by atoms with E-state index in [0.29, 0.717) is 15.8 Å². The van der Waals surface area contributed by atoms with Gasteiger partial charge in [-0.1, -0.05) is 37.2 Å². The third-order valence-corrected chi connectivity index (χ3v) is 5.08. The van der Waals surface area contributed by atoms with Crippen molar-refractivity contribution in [2.75, 3.05) is 6.26 Å². The van der Waals surface area contributed by atoms with Crippen molar-refractivity contribution in [1.82, 2.24) is 9.97 Å². The standard InChI is InChI=1S/C15H18N2O3S2/c1-3-4-12-9-14(18)17-15(16-12)21-10-11-5-7-13(8-6-11)22(2,19)20/h5-9H,3-4,10H2,1-2H3,(H,16,17,18). The quantitative estimate of drug-likeness (QED) is 0.646. The number of aromatic amines is 1. The molecule has 2 rings (SSSR count). The molecular formula is C15H18N2O3S2. The van der Waals surface area contributed by atoms with Gasteiger partial charge in [-0.05, 0) is 24.1 Å². The maximum absolute atomic E-state index is 11.6. The fraction of sp³-hybridized carbons (Fsp3) is 0.333. The third-order valence-electron chi connectivity index (χ3n) is 3.01. The SMILES string of the molecule is CCCc1cc(=O)[nH]c(SCc2ccc(S(C)(=O)=O)cc2)n1. The Morgan fingerprint density at radius 1 is 1.23 bits per heavy atom. The summed E-state index contributed by atoms with van der Waals surface area (Å²) >= 11 is 1.42. The van der Waals surface area contributed by atoms with Crippen LogP contribution in [0.1, 0.15) is 24.6 Å². The number of thioether (sulfide) groups is 1. The lowest BCUT2D eigenvalue weighted by atomic mass is 10.2. The first-order valence-electron chi connectivity index (χ1n) is 6.90. The van der Waals surface area contributed by atoms with E-state index >= 15 is 0 Å². The van der Waals surface area contributed by atoms with Gasteiger partial charge in [0.25, 0.3) is 5.56 Å². The molecule has 5 nitrogen and oxygen atoms in total. The molecule has 1 N–H and O–H groups in total. The molecule has 7 heteroatoms. The van der Waals surface area contributed by atoms with Gasteiger partial charge in [-0.3, -0.25) is 4.79 Å². The Balaban J connectivity index is 2.08. The smallest absolute Gasteiger partial charge is 0.251 e. The summed E-state index contributed by atoms with van der Waals surface area (Å²) in [6, 6.07) is 8.26. The van der Waals surface area contributed by atoms with Crippen LogP contribution in [0.4, 0.5) is 0 Å². The molecule has 0 bridgehead atoms. The highest BCUT2D eigenvalue weighted by molar-refractivity contribution is 7.98. The number of hydrogen-bond acceptors (Lipinski definition) is 5. The molecule has 0 aliphatic rings. The Bertz CT molecular complexity index is 796. The van der Waals surface area contributed by atoms with E-state index < -0.39 is 9.84 Å². The van der Waals surface area contributed by atoms with E-state index in [-0.39, 0.29) is 5.56 Å². The molecular weight excluding hydrogens is 320 g/mol. The summed E-state index contributed by atoms with van der Waals surface area (Å²) in [5.41, 5.74) is 1.62. The third kappa shape index (κ3) is 4.71. The summed E-state index contributed by atoms with van der Waals surface area (Å²) in [5, 5.41) is 0.586. The number of sulfone groups is 1. The summed E-state index contributed by atoms with van der Waals surface area (Å²) in [5.74, 6) is 0.614. The predicted molar refractivity (Wildman–Crippen MR) is 88.0 cm³/mol. The van der Waals surface area contributed by atoms with Crippen molar-refractivity contribution in [2.24, 2.45) is 0 Å². The molecule has 1 heterocycles. The van der Waals surface area contributed by atoms with Crippen LogP contribution in [0, 0.1) is 0 Å². The minimum Gasteiger partial charge on any atom is -0.301 e. The van der Waals surface area contributed by atoms with Crippen molar-refractivity contribution in [3.63, 3.8) is 0 Å². The summed E-state index contributed by atoms with van der Waals surface area (Å²) < 4.78 is 22.8. The zero-order valence-corrected chi connectivity index (χ0v) is 14.1. The molecule has 0 saturated heterocycles. The first-order valence-corrected chi connectivity index (χ1v) is 9.78. The predicted octanol–water partition coefficient (Wildman–Crippen LogP) is 2.42. The largest absolute Gasteiger partial charge is 0.301 e. The maximum Gasteiger partial charge on any atom is 0.251 e. The molecule has 0 aliphatic carbocycles. The molecule has 0 saturated carbocycles. The number of aryl methyl sites for hydroxylation is 1. The van der Waals surface area contributed by atoms with Gasteiger partial charge < -0.3 is 4.98 Å². The number of rotatable bonds is 6. The van der Waals surface area contributed by atoms with E-state index in [1.165, 1.54) is 24.1 Å². The molecule has 0 unspecified atom stereocenters. The van der Waals surface area contributed by atoms with Crippen molar-refractivity contribution in [1.29, 1.82) is 0 Å². The molecule has 0 fully saturated rings. The van der Waals surface area contributed by atoms with E-state index in [1.807, 2.05) is 6.92 Å². The Hall–Kier alpha value is -1.60. The molecule has 0 spiro atoms. The van der Waals surface area contributed by atoms with Gasteiger partial charge >= 0.3 is 0 Å². The van der Waals surface area contributed by atoms with E-state index in [0.717, 1.165) is 24.1 Å². The average molecular weight is 338 g/mol. The van der Waals surface area contributed by atoms with Gasteiger partial charge in [0.15, 0.2) is 15.0 Å². The van der Waals surface area contributed by atoms with Crippen LogP contribution in [0.2, 0.25) is 0 Å². The normalized spacial score (nSPS) is 11.5. The Kier molecular flexibility index (Phi) is 5.42. The van der Waals surface area contributed by atoms with Crippen LogP contribution in [0.5, 0.6) is 0 Å². The van der Waals surface area contributed by atoms with Crippen LogP contribution in [0.3, 0.4) is 0 Å². The number of nitrogens with zero attached hydrogens (tertiary/aromatic N) is 1. The molecule has 1 aromatic heterocycles. The molecule has 0 aliphatic heterocycles. The fourth-order valence-corrected chi connectivity index (χ4v) is 3.40. The first-order chi connectivity index (χ1) is 10.4. The van der Waals surface area contributed by atoms with Gasteiger partial charge in [0, 0.05) is 23.8 Å². The van der Waals surface area contributed by atoms with Crippen LogP contribution in [-0.4, -0.2) is 24.6 Å². The van der Waals surface area contributed by atoms with Gasteiger partial charge in [-0.2, -0.15) is 0 Å². The number of nitrogens with one attached hydrogen (secondary N) is 1. The van der Waals surface area contributed by atoms with Crippen molar-refractivity contribution in [2.45, 2.75) is 35.6 Å². The van der Waals surface area contributed by atoms with E-state index in [1.54, 1.807) is 24.3 Å². The molecule has 0 atom stereocenters. The lowest BCUT2D eigenvalue weighted by Gasteiger charge is -2.04. The van der Waals surface area contributed by atoms with Crippen molar-refractivity contribution < 1.29 is 8.42 Å². The highest BCUT2D eigenvalue weighted by Crippen LogP contribution is 2.20. The highest BCUT2D eigenvalue weighted by Gasteiger charge is 2.07. The number of hydrogen-bond donors (Lipinski definition) is 1. The van der Waals surface area contributed by atoms with E-state index in [9.17, 15) is 13.2 Å². The second-order valence-corrected chi connectivity index (χ2v) is 7.98. The topological polar surface area (TPSA) is 79.9 Å². The van der Waals surface area contributed by atoms with E-state index in [2.05, 4.69) is 9.97 Å². The van der Waals surface area contributed by atoms with Gasteiger partial charge in [0.1, 0.15) is 0 Å². The molecule has 118 valence electrons. The lowest BCUT2D eigenvalue weighted by molar-refractivity contribution is 0.602. The van der Waals surface area contributed by atoms with Gasteiger partial charge in [-0.25, -0.2) is 13.4 Å². The number of aromatic nitrogens is 2. The van der Waals surface area contributed by atoms with Crippen LogP contribution >= 0.6 is 11.8 Å². The molecule has 1 aromatic carbocycles. The maximum atomic E-state index is 11.6. The molecule has 2 aromatic rings. The fourth-order valence-electron chi connectivity index (χ4n) is 1.92. The highest BCUT2D eigenvalue weighted by atomic mass is 32.2. The summed E-state index contributed by atoms with van der Waals surface area (Å²) in [6.45, 7) is 2.04. The molecule has 0 amide bonds. The molecule has 0 radical (unpaired) electrons. The van der Waals surface area contributed by atoms with Crippen molar-refractivity contribution in [3.05, 3.63) is 51.9 Å². The number of benzene rings is 1.